The van der Waals surface area contributed by atoms with Crippen molar-refractivity contribution in [2.24, 2.45) is 0 Å². The first kappa shape index (κ1) is 24.4. The topological polar surface area (TPSA) is 114 Å². The molecule has 6 rings (SSSR count). The SMILES string of the molecule is CC1(C)Oc2ccc(Nc3nc(Nc4ccc(N5CCC6(CCCO6)CC5)cc4)ncc3F)nc2NC1=O. The summed E-state index contributed by atoms with van der Waals surface area (Å²) < 4.78 is 26.2. The van der Waals surface area contributed by atoms with Gasteiger partial charge in [0.05, 0.1) is 11.8 Å². The molecule has 0 aliphatic carbocycles. The van der Waals surface area contributed by atoms with Gasteiger partial charge in [0.15, 0.2) is 28.8 Å². The molecule has 3 N–H and O–H groups in total. The Balaban J connectivity index is 1.11. The highest BCUT2D eigenvalue weighted by Crippen LogP contribution is 2.37. The van der Waals surface area contributed by atoms with E-state index in [2.05, 4.69) is 47.9 Å². The van der Waals surface area contributed by atoms with E-state index in [0.717, 1.165) is 50.1 Å². The van der Waals surface area contributed by atoms with Gasteiger partial charge in [0.25, 0.3) is 5.91 Å². The van der Waals surface area contributed by atoms with Crippen LogP contribution in [0.2, 0.25) is 0 Å². The number of halogens is 1. The fourth-order valence-corrected chi connectivity index (χ4v) is 5.11. The lowest BCUT2D eigenvalue weighted by Gasteiger charge is -2.39. The maximum atomic E-state index is 14.5. The molecule has 0 atom stereocenters. The first-order chi connectivity index (χ1) is 18.3. The fraction of sp³-hybridized carbons (Fsp3) is 0.407. The summed E-state index contributed by atoms with van der Waals surface area (Å²) >= 11 is 0. The molecule has 11 heteroatoms. The third kappa shape index (κ3) is 4.81. The standard InChI is InChI=1S/C27H30FN7O3/c1-26(2)24(36)33-23-20(38-26)8-9-21(32-23)31-22-19(28)16-29-25(34-22)30-17-4-6-18(7-5-17)35-13-11-27(12-14-35)10-3-15-37-27/h4-9,16H,3,10-15H2,1-2H3,(H3,29,30,31,32,33,34,36). The lowest BCUT2D eigenvalue weighted by molar-refractivity contribution is -0.129. The highest BCUT2D eigenvalue weighted by molar-refractivity contribution is 5.99. The third-order valence-corrected chi connectivity index (χ3v) is 7.34. The second kappa shape index (κ2) is 9.39. The second-order valence-corrected chi connectivity index (χ2v) is 10.4. The number of rotatable bonds is 5. The van der Waals surface area contributed by atoms with E-state index in [-0.39, 0.29) is 29.1 Å². The zero-order valence-corrected chi connectivity index (χ0v) is 21.4. The predicted molar refractivity (Wildman–Crippen MR) is 142 cm³/mol. The number of hydrogen-bond donors (Lipinski definition) is 3. The van der Waals surface area contributed by atoms with Gasteiger partial charge in [-0.25, -0.2) is 14.4 Å². The van der Waals surface area contributed by atoms with Crippen LogP contribution in [0.25, 0.3) is 0 Å². The number of nitrogens with zero attached hydrogens (tertiary/aromatic N) is 4. The number of hydrogen-bond acceptors (Lipinski definition) is 9. The van der Waals surface area contributed by atoms with Crippen LogP contribution in [0.3, 0.4) is 0 Å². The number of nitrogens with one attached hydrogen (secondary N) is 3. The first-order valence-corrected chi connectivity index (χ1v) is 12.9. The van der Waals surface area contributed by atoms with E-state index in [1.165, 1.54) is 12.8 Å². The van der Waals surface area contributed by atoms with Crippen molar-refractivity contribution in [3.63, 3.8) is 0 Å². The number of carbonyl (C=O) groups excluding carboxylic acids is 1. The van der Waals surface area contributed by atoms with Crippen molar-refractivity contribution in [2.45, 2.75) is 50.7 Å². The van der Waals surface area contributed by atoms with Crippen molar-refractivity contribution >= 4 is 40.7 Å². The molecule has 10 nitrogen and oxygen atoms in total. The monoisotopic (exact) mass is 519 g/mol. The smallest absolute Gasteiger partial charge is 0.269 e. The third-order valence-electron chi connectivity index (χ3n) is 7.34. The summed E-state index contributed by atoms with van der Waals surface area (Å²) in [5.74, 6) is 0.222. The number of benzene rings is 1. The Bertz CT molecular complexity index is 1350. The van der Waals surface area contributed by atoms with E-state index in [1.54, 1.807) is 26.0 Å². The van der Waals surface area contributed by atoms with E-state index in [1.807, 2.05) is 12.1 Å². The number of amides is 1. The van der Waals surface area contributed by atoms with Crippen LogP contribution in [0.4, 0.5) is 39.2 Å². The molecule has 1 spiro atoms. The highest BCUT2D eigenvalue weighted by atomic mass is 19.1. The molecule has 0 bridgehead atoms. The molecule has 2 fully saturated rings. The van der Waals surface area contributed by atoms with Crippen LogP contribution in [0.15, 0.2) is 42.6 Å². The Morgan fingerprint density at radius 2 is 1.82 bits per heavy atom. The van der Waals surface area contributed by atoms with Crippen LogP contribution >= 0.6 is 0 Å². The van der Waals surface area contributed by atoms with E-state index in [9.17, 15) is 9.18 Å². The number of carbonyl (C=O) groups is 1. The van der Waals surface area contributed by atoms with Crippen molar-refractivity contribution in [3.05, 3.63) is 48.4 Å². The van der Waals surface area contributed by atoms with Crippen molar-refractivity contribution in [1.29, 1.82) is 0 Å². The lowest BCUT2D eigenvalue weighted by atomic mass is 9.88. The van der Waals surface area contributed by atoms with Crippen molar-refractivity contribution in [1.82, 2.24) is 15.0 Å². The molecule has 3 aliphatic heterocycles. The van der Waals surface area contributed by atoms with Crippen molar-refractivity contribution in [3.8, 4) is 5.75 Å². The van der Waals surface area contributed by atoms with Gasteiger partial charge in [0.1, 0.15) is 5.82 Å². The molecule has 0 radical (unpaired) electrons. The molecule has 0 unspecified atom stereocenters. The lowest BCUT2D eigenvalue weighted by Crippen LogP contribution is -2.46. The van der Waals surface area contributed by atoms with Gasteiger partial charge >= 0.3 is 0 Å². The van der Waals surface area contributed by atoms with Crippen LogP contribution in [0.1, 0.15) is 39.5 Å². The van der Waals surface area contributed by atoms with Gasteiger partial charge in [-0.2, -0.15) is 4.98 Å². The Kier molecular flexibility index (Phi) is 6.02. The number of aromatic nitrogens is 3. The van der Waals surface area contributed by atoms with Crippen molar-refractivity contribution < 1.29 is 18.7 Å². The number of pyridine rings is 1. The van der Waals surface area contributed by atoms with E-state index >= 15 is 0 Å². The summed E-state index contributed by atoms with van der Waals surface area (Å²) in [5, 5.41) is 8.69. The molecule has 1 amide bonds. The maximum absolute atomic E-state index is 14.5. The zero-order valence-electron chi connectivity index (χ0n) is 21.4. The Morgan fingerprint density at radius 1 is 1.03 bits per heavy atom. The molecular formula is C27H30FN7O3. The number of anilines is 6. The van der Waals surface area contributed by atoms with Gasteiger partial charge in [-0.3, -0.25) is 4.79 Å². The molecule has 0 saturated carbocycles. The molecule has 2 aromatic heterocycles. The Hall–Kier alpha value is -3.99. The average Bonchev–Trinajstić information content (AvgIpc) is 3.35. The second-order valence-electron chi connectivity index (χ2n) is 10.4. The quantitative estimate of drug-likeness (QED) is 0.439. The van der Waals surface area contributed by atoms with Crippen LogP contribution in [-0.2, 0) is 9.53 Å². The molecule has 1 aromatic carbocycles. The predicted octanol–water partition coefficient (Wildman–Crippen LogP) is 4.76. The summed E-state index contributed by atoms with van der Waals surface area (Å²) in [6, 6.07) is 11.3. The summed E-state index contributed by atoms with van der Waals surface area (Å²) in [7, 11) is 0. The number of piperidine rings is 1. The highest BCUT2D eigenvalue weighted by Gasteiger charge is 2.38. The zero-order chi connectivity index (χ0) is 26.3. The normalized spacial score (nSPS) is 19.4. The van der Waals surface area contributed by atoms with Gasteiger partial charge < -0.3 is 30.3 Å². The summed E-state index contributed by atoms with van der Waals surface area (Å²) in [4.78, 5) is 27.2. The minimum atomic E-state index is -0.998. The summed E-state index contributed by atoms with van der Waals surface area (Å²) in [5.41, 5.74) is 1.04. The van der Waals surface area contributed by atoms with Gasteiger partial charge in [0, 0.05) is 31.1 Å². The maximum Gasteiger partial charge on any atom is 0.269 e. The van der Waals surface area contributed by atoms with Gasteiger partial charge in [-0.15, -0.1) is 0 Å². The number of ether oxygens (including phenoxy) is 2. The van der Waals surface area contributed by atoms with E-state index in [0.29, 0.717) is 11.6 Å². The number of fused-ring (bicyclic) bond motifs is 1. The summed E-state index contributed by atoms with van der Waals surface area (Å²) in [6.07, 6.45) is 5.54. The molecule has 198 valence electrons. The van der Waals surface area contributed by atoms with E-state index < -0.39 is 11.4 Å². The minimum absolute atomic E-state index is 0.0497. The minimum Gasteiger partial charge on any atom is -0.474 e. The van der Waals surface area contributed by atoms with E-state index in [4.69, 9.17) is 9.47 Å². The van der Waals surface area contributed by atoms with Gasteiger partial charge in [-0.05, 0) is 75.9 Å². The van der Waals surface area contributed by atoms with Crippen LogP contribution in [0.5, 0.6) is 5.75 Å². The molecular weight excluding hydrogens is 489 g/mol. The van der Waals surface area contributed by atoms with Crippen molar-refractivity contribution in [2.75, 3.05) is 40.5 Å². The molecule has 3 aliphatic rings. The Morgan fingerprint density at radius 3 is 2.55 bits per heavy atom. The Labute approximate surface area is 220 Å². The fourth-order valence-electron chi connectivity index (χ4n) is 5.11. The molecule has 2 saturated heterocycles. The molecule has 38 heavy (non-hydrogen) atoms. The average molecular weight is 520 g/mol. The van der Waals surface area contributed by atoms with Gasteiger partial charge in [-0.1, -0.05) is 0 Å². The van der Waals surface area contributed by atoms with Crippen LogP contribution < -0.4 is 25.6 Å². The largest absolute Gasteiger partial charge is 0.474 e. The van der Waals surface area contributed by atoms with Crippen LogP contribution in [0, 0.1) is 5.82 Å². The summed E-state index contributed by atoms with van der Waals surface area (Å²) in [6.45, 7) is 6.19. The van der Waals surface area contributed by atoms with Gasteiger partial charge in [0.2, 0.25) is 5.95 Å². The first-order valence-electron chi connectivity index (χ1n) is 12.9. The van der Waals surface area contributed by atoms with Crippen LogP contribution in [-0.4, -0.2) is 51.8 Å². The molecule has 5 heterocycles. The molecule has 3 aromatic rings.